The predicted molar refractivity (Wildman–Crippen MR) is 130 cm³/mol. The van der Waals surface area contributed by atoms with Crippen LogP contribution in [0, 0.1) is 11.8 Å². The molecule has 0 radical (unpaired) electrons. The lowest BCUT2D eigenvalue weighted by atomic mass is 9.86. The number of nitrogens with zero attached hydrogens (tertiary/aromatic N) is 3. The predicted octanol–water partition coefficient (Wildman–Crippen LogP) is 5.83. The molecule has 2 heterocycles. The largest absolute Gasteiger partial charge is 0.396 e. The zero-order valence-electron chi connectivity index (χ0n) is 18.7. The Kier molecular flexibility index (Phi) is 5.87. The maximum atomic E-state index is 9.77. The first kappa shape index (κ1) is 22.2. The molecule has 8 heteroatoms. The van der Waals surface area contributed by atoms with Gasteiger partial charge in [0.05, 0.1) is 15.8 Å². The summed E-state index contributed by atoms with van der Waals surface area (Å²) in [4.78, 5) is 14.2. The molecule has 1 aliphatic carbocycles. The summed E-state index contributed by atoms with van der Waals surface area (Å²) in [6.45, 7) is 10.8. The Balaban J connectivity index is 1.82. The first-order chi connectivity index (χ1) is 14.6. The Hall–Kier alpha value is -1.96. The second-order valence-corrected chi connectivity index (χ2v) is 11.1. The van der Waals surface area contributed by atoms with Crippen molar-refractivity contribution in [2.24, 2.45) is 11.8 Å². The average Bonchev–Trinajstić information content (AvgIpc) is 3.21. The van der Waals surface area contributed by atoms with Gasteiger partial charge in [0.1, 0.15) is 16.0 Å². The molecule has 6 nitrogen and oxygen atoms in total. The standard InChI is InChI=1S/C23H30ClN5OS/c1-13-14(12-30)10-11-23(13,5)28-19-17(18(24)26-21(27-19)29-22(2,3)4)20-25-15-8-6-7-9-16(15)31-20/h6-9,13-14,30H,10-12H2,1-5H3,(H2,26,27,28,29). The molecule has 1 aliphatic rings. The number of rotatable bonds is 5. The molecule has 1 aromatic carbocycles. The van der Waals surface area contributed by atoms with Crippen molar-refractivity contribution in [1.82, 2.24) is 15.0 Å². The number of aliphatic hydroxyl groups excluding tert-OH is 1. The highest BCUT2D eigenvalue weighted by molar-refractivity contribution is 7.21. The third kappa shape index (κ3) is 4.49. The van der Waals surface area contributed by atoms with Crippen LogP contribution in [0.25, 0.3) is 20.8 Å². The van der Waals surface area contributed by atoms with Gasteiger partial charge in [-0.15, -0.1) is 11.3 Å². The van der Waals surface area contributed by atoms with E-state index in [0.29, 0.717) is 16.9 Å². The summed E-state index contributed by atoms with van der Waals surface area (Å²) in [5.41, 5.74) is 1.24. The van der Waals surface area contributed by atoms with Crippen LogP contribution in [0.15, 0.2) is 24.3 Å². The van der Waals surface area contributed by atoms with Crippen LogP contribution in [0.3, 0.4) is 0 Å². The maximum absolute atomic E-state index is 9.77. The fourth-order valence-electron chi connectivity index (χ4n) is 4.26. The van der Waals surface area contributed by atoms with Crippen LogP contribution in [0.4, 0.5) is 11.8 Å². The fraction of sp³-hybridized carbons (Fsp3) is 0.522. The molecule has 3 N–H and O–H groups in total. The monoisotopic (exact) mass is 459 g/mol. The quantitative estimate of drug-likeness (QED) is 0.416. The summed E-state index contributed by atoms with van der Waals surface area (Å²) in [6.07, 6.45) is 1.92. The van der Waals surface area contributed by atoms with Gasteiger partial charge in [-0.2, -0.15) is 4.98 Å². The number of anilines is 2. The number of nitrogens with one attached hydrogen (secondary N) is 2. The van der Waals surface area contributed by atoms with Crippen LogP contribution in [0.2, 0.25) is 5.15 Å². The van der Waals surface area contributed by atoms with E-state index >= 15 is 0 Å². The smallest absolute Gasteiger partial charge is 0.226 e. The molecule has 0 bridgehead atoms. The first-order valence-corrected chi connectivity index (χ1v) is 11.9. The number of thiazole rings is 1. The Morgan fingerprint density at radius 2 is 1.97 bits per heavy atom. The van der Waals surface area contributed by atoms with Crippen molar-refractivity contribution in [3.63, 3.8) is 0 Å². The van der Waals surface area contributed by atoms with Crippen LogP contribution >= 0.6 is 22.9 Å². The number of benzene rings is 1. The second-order valence-electron chi connectivity index (χ2n) is 9.74. The van der Waals surface area contributed by atoms with Gasteiger partial charge in [-0.1, -0.05) is 30.7 Å². The van der Waals surface area contributed by atoms with E-state index < -0.39 is 0 Å². The number of aromatic nitrogens is 3. The van der Waals surface area contributed by atoms with E-state index in [1.54, 1.807) is 11.3 Å². The Morgan fingerprint density at radius 3 is 2.61 bits per heavy atom. The van der Waals surface area contributed by atoms with E-state index in [-0.39, 0.29) is 29.5 Å². The minimum atomic E-state index is -0.213. The summed E-state index contributed by atoms with van der Waals surface area (Å²) in [5.74, 6) is 1.72. The molecule has 0 amide bonds. The maximum Gasteiger partial charge on any atom is 0.226 e. The lowest BCUT2D eigenvalue weighted by molar-refractivity contribution is 0.187. The SMILES string of the molecule is CC1C(CO)CCC1(C)Nc1nc(NC(C)(C)C)nc(Cl)c1-c1nc2ccccc2s1. The van der Waals surface area contributed by atoms with Crippen LogP contribution in [0.1, 0.15) is 47.5 Å². The van der Waals surface area contributed by atoms with Gasteiger partial charge < -0.3 is 15.7 Å². The molecule has 31 heavy (non-hydrogen) atoms. The normalized spacial score (nSPS) is 24.0. The highest BCUT2D eigenvalue weighted by Gasteiger charge is 2.43. The summed E-state index contributed by atoms with van der Waals surface area (Å²) >= 11 is 8.33. The van der Waals surface area contributed by atoms with Gasteiger partial charge in [0.15, 0.2) is 0 Å². The molecule has 3 aromatic rings. The molecular weight excluding hydrogens is 430 g/mol. The molecule has 3 atom stereocenters. The minimum absolute atomic E-state index is 0.199. The fourth-order valence-corrected chi connectivity index (χ4v) is 5.59. The van der Waals surface area contributed by atoms with E-state index in [4.69, 9.17) is 21.6 Å². The zero-order valence-corrected chi connectivity index (χ0v) is 20.2. The molecule has 0 spiro atoms. The zero-order chi connectivity index (χ0) is 22.4. The minimum Gasteiger partial charge on any atom is -0.396 e. The van der Waals surface area contributed by atoms with E-state index in [1.165, 1.54) is 0 Å². The van der Waals surface area contributed by atoms with E-state index in [1.807, 2.05) is 18.2 Å². The molecule has 2 aromatic heterocycles. The molecule has 1 saturated carbocycles. The lowest BCUT2D eigenvalue weighted by Crippen LogP contribution is -2.40. The van der Waals surface area contributed by atoms with Crippen LogP contribution in [-0.4, -0.2) is 37.7 Å². The highest BCUT2D eigenvalue weighted by atomic mass is 35.5. The van der Waals surface area contributed by atoms with Gasteiger partial charge in [-0.3, -0.25) is 0 Å². The number of halogens is 1. The highest BCUT2D eigenvalue weighted by Crippen LogP contribution is 2.45. The first-order valence-electron chi connectivity index (χ1n) is 10.7. The van der Waals surface area contributed by atoms with Crippen LogP contribution < -0.4 is 10.6 Å². The van der Waals surface area contributed by atoms with Crippen molar-refractivity contribution >= 4 is 44.9 Å². The number of fused-ring (bicyclic) bond motifs is 1. The summed E-state index contributed by atoms with van der Waals surface area (Å²) in [6, 6.07) is 8.04. The van der Waals surface area contributed by atoms with Crippen molar-refractivity contribution in [3.05, 3.63) is 29.4 Å². The van der Waals surface area contributed by atoms with Gasteiger partial charge in [0.2, 0.25) is 5.95 Å². The van der Waals surface area contributed by atoms with Crippen molar-refractivity contribution < 1.29 is 5.11 Å². The van der Waals surface area contributed by atoms with Gasteiger partial charge >= 0.3 is 0 Å². The summed E-state index contributed by atoms with van der Waals surface area (Å²) in [5, 5.41) is 18.0. The van der Waals surface area contributed by atoms with E-state index in [9.17, 15) is 5.11 Å². The third-order valence-electron chi connectivity index (χ3n) is 6.24. The molecule has 4 rings (SSSR count). The van der Waals surface area contributed by atoms with E-state index in [0.717, 1.165) is 33.6 Å². The van der Waals surface area contributed by atoms with Crippen LogP contribution in [0.5, 0.6) is 0 Å². The molecule has 3 unspecified atom stereocenters. The van der Waals surface area contributed by atoms with Gasteiger partial charge in [-0.05, 0) is 64.5 Å². The molecule has 0 aliphatic heterocycles. The number of para-hydroxylation sites is 1. The number of hydrogen-bond donors (Lipinski definition) is 3. The Labute approximate surface area is 192 Å². The molecule has 166 valence electrons. The molecule has 1 fully saturated rings. The molecule has 0 saturated heterocycles. The Bertz CT molecular complexity index is 1060. The lowest BCUT2D eigenvalue weighted by Gasteiger charge is -2.34. The number of hydrogen-bond acceptors (Lipinski definition) is 7. The van der Waals surface area contributed by atoms with Gasteiger partial charge in [-0.25, -0.2) is 9.97 Å². The topological polar surface area (TPSA) is 83.0 Å². The van der Waals surface area contributed by atoms with E-state index in [2.05, 4.69) is 56.3 Å². The third-order valence-corrected chi connectivity index (χ3v) is 7.57. The van der Waals surface area contributed by atoms with Crippen molar-refractivity contribution in [3.8, 4) is 10.6 Å². The van der Waals surface area contributed by atoms with Gasteiger partial charge in [0, 0.05) is 17.7 Å². The number of aliphatic hydroxyl groups is 1. The second kappa shape index (κ2) is 8.19. The summed E-state index contributed by atoms with van der Waals surface area (Å²) in [7, 11) is 0. The van der Waals surface area contributed by atoms with Gasteiger partial charge in [0.25, 0.3) is 0 Å². The van der Waals surface area contributed by atoms with Crippen LogP contribution in [-0.2, 0) is 0 Å². The average molecular weight is 460 g/mol. The summed E-state index contributed by atoms with van der Waals surface area (Å²) < 4.78 is 1.09. The van der Waals surface area contributed by atoms with Crippen molar-refractivity contribution in [2.75, 3.05) is 17.2 Å². The van der Waals surface area contributed by atoms with Crippen molar-refractivity contribution in [2.45, 2.75) is 58.5 Å². The molecular formula is C23H30ClN5OS. The van der Waals surface area contributed by atoms with Crippen molar-refractivity contribution in [1.29, 1.82) is 0 Å². The Morgan fingerprint density at radius 1 is 1.23 bits per heavy atom.